The van der Waals surface area contributed by atoms with Gasteiger partial charge in [-0.2, -0.15) is 0 Å². The van der Waals surface area contributed by atoms with Crippen molar-refractivity contribution in [2.45, 2.75) is 25.9 Å². The highest BCUT2D eigenvalue weighted by Gasteiger charge is 2.17. The van der Waals surface area contributed by atoms with E-state index in [9.17, 15) is 4.79 Å². The molecule has 106 valence electrons. The van der Waals surface area contributed by atoms with Crippen molar-refractivity contribution in [3.05, 3.63) is 29.6 Å². The molecule has 1 fully saturated rings. The van der Waals surface area contributed by atoms with E-state index >= 15 is 0 Å². The number of nitrogens with zero attached hydrogens (tertiary/aromatic N) is 2. The Hall–Kier alpha value is -1.88. The Balaban J connectivity index is 1.74. The number of aromatic nitrogens is 2. The predicted molar refractivity (Wildman–Crippen MR) is 76.8 cm³/mol. The average molecular weight is 273 g/mol. The topological polar surface area (TPSA) is 56.1 Å². The van der Waals surface area contributed by atoms with Gasteiger partial charge in [-0.05, 0) is 38.0 Å². The van der Waals surface area contributed by atoms with Gasteiger partial charge in [-0.3, -0.25) is 4.79 Å². The summed E-state index contributed by atoms with van der Waals surface area (Å²) in [6.07, 6.45) is 2.28. The fourth-order valence-electron chi connectivity index (χ4n) is 2.58. The number of ether oxygens (including phenoxy) is 1. The minimum atomic E-state index is -0.0642. The first kappa shape index (κ1) is 13.1. The van der Waals surface area contributed by atoms with E-state index in [0.717, 1.165) is 36.3 Å². The van der Waals surface area contributed by atoms with Crippen molar-refractivity contribution in [2.24, 2.45) is 7.05 Å². The van der Waals surface area contributed by atoms with Crippen LogP contribution in [0.25, 0.3) is 11.0 Å². The third kappa shape index (κ3) is 2.41. The van der Waals surface area contributed by atoms with E-state index < -0.39 is 0 Å². The summed E-state index contributed by atoms with van der Waals surface area (Å²) in [6, 6.07) is 5.62. The van der Waals surface area contributed by atoms with Crippen LogP contribution in [-0.2, 0) is 11.8 Å². The first-order valence-corrected chi connectivity index (χ1v) is 6.98. The molecule has 2 aromatic rings. The van der Waals surface area contributed by atoms with E-state index in [2.05, 4.69) is 10.3 Å². The van der Waals surface area contributed by atoms with Gasteiger partial charge in [0.15, 0.2) is 0 Å². The lowest BCUT2D eigenvalue weighted by atomic mass is 10.1. The third-order valence-corrected chi connectivity index (χ3v) is 3.88. The van der Waals surface area contributed by atoms with Gasteiger partial charge in [-0.1, -0.05) is 0 Å². The summed E-state index contributed by atoms with van der Waals surface area (Å²) >= 11 is 0. The number of amides is 1. The molecule has 5 heteroatoms. The molecule has 0 aliphatic carbocycles. The molecule has 1 N–H and O–H groups in total. The first-order chi connectivity index (χ1) is 9.65. The van der Waals surface area contributed by atoms with Crippen LogP contribution in [-0.4, -0.2) is 34.7 Å². The Labute approximate surface area is 117 Å². The standard InChI is InChI=1S/C15H19N3O2/c1-10-17-13-8-11(5-6-14(13)18(10)2)15(19)16-9-12-4-3-7-20-12/h5-6,8,12H,3-4,7,9H2,1-2H3,(H,16,19). The summed E-state index contributed by atoms with van der Waals surface area (Å²) in [5, 5.41) is 2.93. The maximum atomic E-state index is 12.1. The van der Waals surface area contributed by atoms with E-state index in [1.54, 1.807) is 0 Å². The Bertz CT molecular complexity index is 642. The van der Waals surface area contributed by atoms with Crippen LogP contribution < -0.4 is 5.32 Å². The van der Waals surface area contributed by atoms with E-state index in [1.807, 2.05) is 36.7 Å². The summed E-state index contributed by atoms with van der Waals surface area (Å²) < 4.78 is 7.52. The summed E-state index contributed by atoms with van der Waals surface area (Å²) in [5.74, 6) is 0.877. The van der Waals surface area contributed by atoms with Crippen LogP contribution in [0.5, 0.6) is 0 Å². The molecule has 1 unspecified atom stereocenters. The van der Waals surface area contributed by atoms with Gasteiger partial charge in [0.1, 0.15) is 5.82 Å². The van der Waals surface area contributed by atoms with Crippen molar-refractivity contribution in [2.75, 3.05) is 13.2 Å². The second-order valence-electron chi connectivity index (χ2n) is 5.27. The highest BCUT2D eigenvalue weighted by atomic mass is 16.5. The van der Waals surface area contributed by atoms with Crippen LogP contribution in [0.4, 0.5) is 0 Å². The maximum absolute atomic E-state index is 12.1. The Kier molecular flexibility index (Phi) is 3.44. The maximum Gasteiger partial charge on any atom is 0.251 e. The Morgan fingerprint density at radius 2 is 2.40 bits per heavy atom. The van der Waals surface area contributed by atoms with Crippen LogP contribution in [0.1, 0.15) is 29.0 Å². The van der Waals surface area contributed by atoms with Gasteiger partial charge in [0, 0.05) is 25.8 Å². The minimum Gasteiger partial charge on any atom is -0.376 e. The largest absolute Gasteiger partial charge is 0.376 e. The van der Waals surface area contributed by atoms with Gasteiger partial charge in [0.25, 0.3) is 5.91 Å². The Morgan fingerprint density at radius 3 is 3.15 bits per heavy atom. The molecule has 0 bridgehead atoms. The number of rotatable bonds is 3. The number of nitrogens with one attached hydrogen (secondary N) is 1. The van der Waals surface area contributed by atoms with Crippen molar-refractivity contribution in [1.82, 2.24) is 14.9 Å². The Morgan fingerprint density at radius 1 is 1.55 bits per heavy atom. The quantitative estimate of drug-likeness (QED) is 0.927. The number of carbonyl (C=O) groups excluding carboxylic acids is 1. The van der Waals surface area contributed by atoms with Crippen LogP contribution in [0.15, 0.2) is 18.2 Å². The van der Waals surface area contributed by atoms with Gasteiger partial charge in [0.05, 0.1) is 17.1 Å². The molecule has 1 aliphatic heterocycles. The van der Waals surface area contributed by atoms with Crippen LogP contribution in [0.3, 0.4) is 0 Å². The molecule has 1 aromatic carbocycles. The van der Waals surface area contributed by atoms with E-state index in [-0.39, 0.29) is 12.0 Å². The normalized spacial score (nSPS) is 18.6. The van der Waals surface area contributed by atoms with Crippen molar-refractivity contribution in [3.8, 4) is 0 Å². The molecule has 1 aromatic heterocycles. The van der Waals surface area contributed by atoms with Gasteiger partial charge < -0.3 is 14.6 Å². The number of carbonyl (C=O) groups is 1. The van der Waals surface area contributed by atoms with Crippen molar-refractivity contribution in [3.63, 3.8) is 0 Å². The monoisotopic (exact) mass is 273 g/mol. The molecule has 1 saturated heterocycles. The molecule has 1 atom stereocenters. The fraction of sp³-hybridized carbons (Fsp3) is 0.467. The summed E-state index contributed by atoms with van der Waals surface area (Å²) in [5.41, 5.74) is 2.54. The lowest BCUT2D eigenvalue weighted by molar-refractivity contribution is 0.0858. The number of benzene rings is 1. The molecule has 0 spiro atoms. The zero-order valence-corrected chi connectivity index (χ0v) is 11.8. The third-order valence-electron chi connectivity index (χ3n) is 3.88. The van der Waals surface area contributed by atoms with E-state index in [1.165, 1.54) is 0 Å². The van der Waals surface area contributed by atoms with Gasteiger partial charge in [0.2, 0.25) is 0 Å². The number of fused-ring (bicyclic) bond motifs is 1. The molecule has 0 radical (unpaired) electrons. The first-order valence-electron chi connectivity index (χ1n) is 6.98. The molecule has 1 aliphatic rings. The second kappa shape index (κ2) is 5.25. The van der Waals surface area contributed by atoms with Crippen LogP contribution >= 0.6 is 0 Å². The highest BCUT2D eigenvalue weighted by Crippen LogP contribution is 2.16. The smallest absolute Gasteiger partial charge is 0.251 e. The van der Waals surface area contributed by atoms with E-state index in [0.29, 0.717) is 12.1 Å². The number of hydrogen-bond acceptors (Lipinski definition) is 3. The molecular formula is C15H19N3O2. The number of aryl methyl sites for hydroxylation is 2. The van der Waals surface area contributed by atoms with Crippen LogP contribution in [0, 0.1) is 6.92 Å². The van der Waals surface area contributed by atoms with Crippen molar-refractivity contribution >= 4 is 16.9 Å². The lowest BCUT2D eigenvalue weighted by Gasteiger charge is -2.10. The molecule has 20 heavy (non-hydrogen) atoms. The number of imidazole rings is 1. The summed E-state index contributed by atoms with van der Waals surface area (Å²) in [4.78, 5) is 16.6. The SMILES string of the molecule is Cc1nc2cc(C(=O)NCC3CCCO3)ccc2n1C. The highest BCUT2D eigenvalue weighted by molar-refractivity contribution is 5.97. The minimum absolute atomic E-state index is 0.0642. The molecule has 5 nitrogen and oxygen atoms in total. The summed E-state index contributed by atoms with van der Waals surface area (Å²) in [6.45, 7) is 3.34. The van der Waals surface area contributed by atoms with Crippen molar-refractivity contribution in [1.29, 1.82) is 0 Å². The second-order valence-corrected chi connectivity index (χ2v) is 5.27. The van der Waals surface area contributed by atoms with Gasteiger partial charge in [-0.15, -0.1) is 0 Å². The lowest BCUT2D eigenvalue weighted by Crippen LogP contribution is -2.31. The number of hydrogen-bond donors (Lipinski definition) is 1. The van der Waals surface area contributed by atoms with Crippen molar-refractivity contribution < 1.29 is 9.53 Å². The van der Waals surface area contributed by atoms with E-state index in [4.69, 9.17) is 4.74 Å². The zero-order valence-electron chi connectivity index (χ0n) is 11.8. The fourth-order valence-corrected chi connectivity index (χ4v) is 2.58. The van der Waals surface area contributed by atoms with Gasteiger partial charge >= 0.3 is 0 Å². The average Bonchev–Trinajstić information content (AvgIpc) is 3.05. The van der Waals surface area contributed by atoms with Crippen LogP contribution in [0.2, 0.25) is 0 Å². The molecule has 2 heterocycles. The predicted octanol–water partition coefficient (Wildman–Crippen LogP) is 1.79. The molecular weight excluding hydrogens is 254 g/mol. The zero-order chi connectivity index (χ0) is 14.1. The summed E-state index contributed by atoms with van der Waals surface area (Å²) in [7, 11) is 1.97. The molecule has 1 amide bonds. The molecule has 3 rings (SSSR count). The molecule has 0 saturated carbocycles. The van der Waals surface area contributed by atoms with Gasteiger partial charge in [-0.25, -0.2) is 4.98 Å².